The average molecular weight is 1050 g/mol. The van der Waals surface area contributed by atoms with Crippen LogP contribution in [0.2, 0.25) is 13.1 Å². The minimum Gasteiger partial charge on any atom is -0.164 e. The van der Waals surface area contributed by atoms with Crippen molar-refractivity contribution in [3.63, 3.8) is 0 Å². The van der Waals surface area contributed by atoms with Crippen LogP contribution in [0.1, 0.15) is 88.2 Å². The van der Waals surface area contributed by atoms with Crippen LogP contribution in [0.5, 0.6) is 0 Å². The summed E-state index contributed by atoms with van der Waals surface area (Å²) in [4.78, 5) is 0. The summed E-state index contributed by atoms with van der Waals surface area (Å²) in [5, 5.41) is 5.71. The molecule has 8 aromatic rings. The van der Waals surface area contributed by atoms with Gasteiger partial charge in [0, 0.05) is 9.52 Å². The van der Waals surface area contributed by atoms with Crippen molar-refractivity contribution >= 4 is 48.1 Å². The molecule has 2 radical (unpaired) electrons. The molecule has 0 spiro atoms. The molecule has 8 fully saturated rings. The van der Waals surface area contributed by atoms with E-state index in [9.17, 15) is 0 Å². The van der Waals surface area contributed by atoms with Gasteiger partial charge in [0.05, 0.1) is 0 Å². The number of rotatable bonds is 8. The van der Waals surface area contributed by atoms with E-state index in [4.69, 9.17) is 17.0 Å². The van der Waals surface area contributed by atoms with Crippen LogP contribution in [-0.4, -0.2) is 9.52 Å². The SMILES string of the molecule is C[Si]C.[Cl][Zr+2][Cl].c1ccc(-c2ccc(-c3ccccc3)c3[cH-]c(CC45CC6CC(CC(C6)C4)C5)cc23)cc1.c1ccc(-c2ccc(-c3ccccc3)c3[cH-]c(CC45CC6CC(CC(C6)C4)C5)cc23)cc1. The van der Waals surface area contributed by atoms with Crippen molar-refractivity contribution in [1.82, 2.24) is 0 Å². The molecule has 8 saturated carbocycles. The van der Waals surface area contributed by atoms with Crippen molar-refractivity contribution < 1.29 is 20.8 Å². The Kier molecular flexibility index (Phi) is 14.8. The Hall–Kier alpha value is -3.78. The summed E-state index contributed by atoms with van der Waals surface area (Å²) in [6.07, 6.45) is 20.6. The zero-order valence-corrected chi connectivity index (χ0v) is 46.3. The maximum atomic E-state index is 4.93. The summed E-state index contributed by atoms with van der Waals surface area (Å²) < 4.78 is 0. The molecule has 8 bridgehead atoms. The summed E-state index contributed by atoms with van der Waals surface area (Å²) in [6.45, 7) is 4.31. The van der Waals surface area contributed by atoms with E-state index < -0.39 is 20.8 Å². The normalized spacial score (nSPS) is 26.4. The van der Waals surface area contributed by atoms with E-state index in [1.165, 1.54) is 156 Å². The minimum absolute atomic E-state index is 0.582. The van der Waals surface area contributed by atoms with Crippen molar-refractivity contribution in [2.24, 2.45) is 46.3 Å². The van der Waals surface area contributed by atoms with Gasteiger partial charge < -0.3 is 0 Å². The third-order valence-electron chi connectivity index (χ3n) is 17.7. The zero-order valence-electron chi connectivity index (χ0n) is 41.3. The van der Waals surface area contributed by atoms with E-state index in [0.29, 0.717) is 10.8 Å². The van der Waals surface area contributed by atoms with E-state index >= 15 is 0 Å². The number of halogens is 2. The van der Waals surface area contributed by atoms with Crippen LogP contribution in [0, 0.1) is 46.3 Å². The number of benzene rings is 6. The molecule has 8 aliphatic rings. The van der Waals surface area contributed by atoms with Crippen LogP contribution in [0.15, 0.2) is 170 Å². The van der Waals surface area contributed by atoms with Crippen molar-refractivity contribution in [2.75, 3.05) is 0 Å². The minimum atomic E-state index is -0.826. The first-order valence-electron chi connectivity index (χ1n) is 26.5. The molecule has 0 heterocycles. The van der Waals surface area contributed by atoms with E-state index in [1.807, 2.05) is 0 Å². The molecule has 70 heavy (non-hydrogen) atoms. The standard InChI is InChI=1S/2C32H31.C2H6Si.2ClH.Zr/c2*1-3-7-26(8-4-1)28-11-12-29(27-9-5-2-6-10-27)31-17-25(16-30(28)31)21-32-18-22-13-23(19-32)15-24(14-22)20-32;1-3-2;;;/h2*1-12,16-17,22-24H,13-15,18-21H2;1-2H3;2*1H;/q2*-1;;;;+4/p-2. The van der Waals surface area contributed by atoms with E-state index in [1.54, 1.807) is 11.1 Å². The predicted octanol–water partition coefficient (Wildman–Crippen LogP) is 19.5. The van der Waals surface area contributed by atoms with Gasteiger partial charge >= 0.3 is 37.9 Å². The molecular weight excluding hydrogens is 983 g/mol. The number of hydrogen-bond acceptors (Lipinski definition) is 0. The van der Waals surface area contributed by atoms with E-state index in [0.717, 1.165) is 45.0 Å². The molecule has 16 rings (SSSR count). The van der Waals surface area contributed by atoms with Crippen LogP contribution < -0.4 is 0 Å². The maximum Gasteiger partial charge on any atom is -0.0265 e. The second-order valence-corrected chi connectivity index (χ2v) is 27.7. The van der Waals surface area contributed by atoms with E-state index in [2.05, 4.69) is 183 Å². The summed E-state index contributed by atoms with van der Waals surface area (Å²) >= 11 is -0.826. The summed E-state index contributed by atoms with van der Waals surface area (Å²) in [5.41, 5.74) is 15.1. The molecule has 0 nitrogen and oxygen atoms in total. The Morgan fingerprint density at radius 3 is 0.929 bits per heavy atom. The molecule has 0 aliphatic heterocycles. The summed E-state index contributed by atoms with van der Waals surface area (Å²) in [7, 11) is 11.0. The smallest absolute Gasteiger partial charge is 0.0265 e. The number of fused-ring (bicyclic) bond motifs is 2. The molecule has 4 heteroatoms. The van der Waals surface area contributed by atoms with Gasteiger partial charge in [0.2, 0.25) is 0 Å². The first-order chi connectivity index (χ1) is 34.3. The Bertz CT molecular complexity index is 2560. The van der Waals surface area contributed by atoms with Crippen molar-refractivity contribution in [1.29, 1.82) is 0 Å². The Balaban J connectivity index is 0.000000137. The van der Waals surface area contributed by atoms with Crippen molar-refractivity contribution in [2.45, 2.75) is 103 Å². The van der Waals surface area contributed by atoms with Gasteiger partial charge in [0.15, 0.2) is 0 Å². The second-order valence-electron chi connectivity index (χ2n) is 22.9. The van der Waals surface area contributed by atoms with Crippen molar-refractivity contribution in [3.05, 3.63) is 181 Å². The maximum absolute atomic E-state index is 4.93. The fourth-order valence-electron chi connectivity index (χ4n) is 16.3. The molecule has 0 atom stereocenters. The predicted molar refractivity (Wildman–Crippen MR) is 299 cm³/mol. The molecule has 354 valence electrons. The molecule has 0 aromatic heterocycles. The molecular formula is C66H68Cl2SiZr. The van der Waals surface area contributed by atoms with Crippen LogP contribution in [-0.2, 0) is 33.7 Å². The van der Waals surface area contributed by atoms with Gasteiger partial charge in [0.1, 0.15) is 0 Å². The zero-order chi connectivity index (χ0) is 47.7. The monoisotopic (exact) mass is 1050 g/mol. The molecule has 0 unspecified atom stereocenters. The topological polar surface area (TPSA) is 0 Å². The van der Waals surface area contributed by atoms with Crippen LogP contribution in [0.25, 0.3) is 66.1 Å². The van der Waals surface area contributed by atoms with Gasteiger partial charge in [-0.3, -0.25) is 0 Å². The third kappa shape index (κ3) is 10.3. The summed E-state index contributed by atoms with van der Waals surface area (Å²) in [6, 6.07) is 63.3. The fraction of sp³-hybridized carbons (Fsp3) is 0.364. The summed E-state index contributed by atoms with van der Waals surface area (Å²) in [5.74, 6) is 6.11. The van der Waals surface area contributed by atoms with Gasteiger partial charge in [-0.1, -0.05) is 192 Å². The second kappa shape index (κ2) is 21.4. The Morgan fingerprint density at radius 1 is 0.414 bits per heavy atom. The van der Waals surface area contributed by atoms with Gasteiger partial charge in [-0.15, -0.1) is 44.8 Å². The van der Waals surface area contributed by atoms with E-state index in [-0.39, 0.29) is 0 Å². The Morgan fingerprint density at radius 2 is 0.657 bits per heavy atom. The average Bonchev–Trinajstić information content (AvgIpc) is 3.98. The molecule has 8 aromatic carbocycles. The first kappa shape index (κ1) is 48.5. The van der Waals surface area contributed by atoms with Crippen molar-refractivity contribution in [3.8, 4) is 44.5 Å². The van der Waals surface area contributed by atoms with Crippen LogP contribution >= 0.6 is 17.0 Å². The molecule has 0 saturated heterocycles. The molecule has 0 N–H and O–H groups in total. The van der Waals surface area contributed by atoms with Crippen LogP contribution in [0.3, 0.4) is 0 Å². The first-order valence-corrected chi connectivity index (χ1v) is 34.9. The largest absolute Gasteiger partial charge is 0.164 e. The third-order valence-corrected chi connectivity index (χ3v) is 17.7. The molecule has 8 aliphatic carbocycles. The van der Waals surface area contributed by atoms with Gasteiger partial charge in [-0.25, -0.2) is 0 Å². The quantitative estimate of drug-likeness (QED) is 0.105. The van der Waals surface area contributed by atoms with Gasteiger partial charge in [-0.05, 0) is 147 Å². The number of hydrogen-bond donors (Lipinski definition) is 0. The van der Waals surface area contributed by atoms with Crippen LogP contribution in [0.4, 0.5) is 0 Å². The van der Waals surface area contributed by atoms with Gasteiger partial charge in [-0.2, -0.15) is 12.1 Å². The fourth-order valence-corrected chi connectivity index (χ4v) is 16.3. The molecule has 0 amide bonds. The Labute approximate surface area is 440 Å². The van der Waals surface area contributed by atoms with Gasteiger partial charge in [0.25, 0.3) is 0 Å².